The quantitative estimate of drug-likeness (QED) is 0.598. The Balaban J connectivity index is 1.46. The molecule has 0 aliphatic carbocycles. The van der Waals surface area contributed by atoms with Crippen molar-refractivity contribution in [1.82, 2.24) is 5.32 Å². The second-order valence-electron chi connectivity index (χ2n) is 7.01. The van der Waals surface area contributed by atoms with Crippen LogP contribution in [0.1, 0.15) is 23.6 Å². The minimum absolute atomic E-state index is 0.0996. The van der Waals surface area contributed by atoms with Crippen molar-refractivity contribution in [2.24, 2.45) is 0 Å². The lowest BCUT2D eigenvalue weighted by Gasteiger charge is -2.20. The number of ether oxygens (including phenoxy) is 2. The van der Waals surface area contributed by atoms with Crippen molar-refractivity contribution in [3.05, 3.63) is 88.9 Å². The number of hydrogen-bond donors (Lipinski definition) is 2. The third-order valence-corrected chi connectivity index (χ3v) is 5.16. The molecule has 1 aliphatic heterocycles. The molecule has 0 saturated heterocycles. The number of halogens is 1. The summed E-state index contributed by atoms with van der Waals surface area (Å²) in [6.45, 7) is 1.28. The van der Waals surface area contributed by atoms with Gasteiger partial charge < -0.3 is 14.8 Å². The van der Waals surface area contributed by atoms with Crippen LogP contribution in [0.3, 0.4) is 0 Å². The number of anilines is 1. The van der Waals surface area contributed by atoms with Crippen LogP contribution in [0.25, 0.3) is 0 Å². The van der Waals surface area contributed by atoms with Gasteiger partial charge in [0.15, 0.2) is 11.5 Å². The molecule has 0 saturated carbocycles. The highest BCUT2D eigenvalue weighted by Crippen LogP contribution is 2.37. The van der Waals surface area contributed by atoms with E-state index in [1.165, 1.54) is 0 Å². The molecule has 0 radical (unpaired) electrons. The average Bonchev–Trinajstić information content (AvgIpc) is 3.00. The second kappa shape index (κ2) is 9.65. The van der Waals surface area contributed by atoms with Gasteiger partial charge in [0.1, 0.15) is 0 Å². The fraction of sp³-hybridized carbons (Fsp3) is 0.208. The van der Waals surface area contributed by atoms with Crippen LogP contribution in [0.2, 0.25) is 5.02 Å². The van der Waals surface area contributed by atoms with Crippen molar-refractivity contribution in [2.45, 2.75) is 12.5 Å². The summed E-state index contributed by atoms with van der Waals surface area (Å²) in [5.74, 6) is 0.997. The average molecular weight is 423 g/mol. The first kappa shape index (κ1) is 20.3. The van der Waals surface area contributed by atoms with Crippen LogP contribution >= 0.6 is 11.6 Å². The predicted octanol–water partition coefficient (Wildman–Crippen LogP) is 4.82. The standard InChI is InChI=1S/C24H23ClN2O3/c25-19-14-21-22(30-13-7-12-29-21)15-20(19)27-23(28)16-26-24(17-8-3-1-4-9-17)18-10-5-2-6-11-18/h1-6,8-11,14-15,24,26H,7,12-13,16H2,(H,27,28). The number of amides is 1. The molecule has 1 amide bonds. The SMILES string of the molecule is O=C(CNC(c1ccccc1)c1ccccc1)Nc1cc2c(cc1Cl)OCCCO2. The normalized spacial score (nSPS) is 13.0. The van der Waals surface area contributed by atoms with Crippen LogP contribution in [0.5, 0.6) is 11.5 Å². The lowest BCUT2D eigenvalue weighted by atomic mass is 9.99. The number of hydrogen-bond acceptors (Lipinski definition) is 4. The Hall–Kier alpha value is -3.02. The maximum absolute atomic E-state index is 12.7. The molecule has 30 heavy (non-hydrogen) atoms. The van der Waals surface area contributed by atoms with E-state index in [-0.39, 0.29) is 18.5 Å². The molecule has 1 heterocycles. The monoisotopic (exact) mass is 422 g/mol. The van der Waals surface area contributed by atoms with Gasteiger partial charge in [0.05, 0.1) is 36.5 Å². The first-order valence-electron chi connectivity index (χ1n) is 9.93. The summed E-state index contributed by atoms with van der Waals surface area (Å²) in [6.07, 6.45) is 0.804. The Kier molecular flexibility index (Phi) is 6.52. The van der Waals surface area contributed by atoms with Gasteiger partial charge in [0, 0.05) is 18.6 Å². The largest absolute Gasteiger partial charge is 0.490 e. The van der Waals surface area contributed by atoms with E-state index in [2.05, 4.69) is 10.6 Å². The third kappa shape index (κ3) is 4.93. The summed E-state index contributed by atoms with van der Waals surface area (Å²) in [4.78, 5) is 12.7. The molecule has 0 unspecified atom stereocenters. The van der Waals surface area contributed by atoms with Gasteiger partial charge in [-0.3, -0.25) is 10.1 Å². The summed E-state index contributed by atoms with van der Waals surface area (Å²) in [6, 6.07) is 23.4. The number of fused-ring (bicyclic) bond motifs is 1. The number of nitrogens with one attached hydrogen (secondary N) is 2. The van der Waals surface area contributed by atoms with E-state index in [1.807, 2.05) is 60.7 Å². The van der Waals surface area contributed by atoms with Crippen LogP contribution in [0.4, 0.5) is 5.69 Å². The van der Waals surface area contributed by atoms with Gasteiger partial charge in [0.25, 0.3) is 0 Å². The molecule has 0 bridgehead atoms. The predicted molar refractivity (Wildman–Crippen MR) is 118 cm³/mol. The van der Waals surface area contributed by atoms with Crippen molar-refractivity contribution in [1.29, 1.82) is 0 Å². The Bertz CT molecular complexity index is 957. The topological polar surface area (TPSA) is 59.6 Å². The van der Waals surface area contributed by atoms with E-state index in [1.54, 1.807) is 12.1 Å². The lowest BCUT2D eigenvalue weighted by molar-refractivity contribution is -0.115. The molecule has 5 nitrogen and oxygen atoms in total. The minimum atomic E-state index is -0.191. The van der Waals surface area contributed by atoms with Crippen LogP contribution in [-0.4, -0.2) is 25.7 Å². The zero-order valence-electron chi connectivity index (χ0n) is 16.4. The third-order valence-electron chi connectivity index (χ3n) is 4.84. The molecule has 154 valence electrons. The fourth-order valence-electron chi connectivity index (χ4n) is 3.39. The van der Waals surface area contributed by atoms with E-state index in [0.29, 0.717) is 35.4 Å². The van der Waals surface area contributed by atoms with Crippen molar-refractivity contribution >= 4 is 23.2 Å². The zero-order chi connectivity index (χ0) is 20.8. The van der Waals surface area contributed by atoms with Crippen molar-refractivity contribution < 1.29 is 14.3 Å². The summed E-state index contributed by atoms with van der Waals surface area (Å²) >= 11 is 6.34. The summed E-state index contributed by atoms with van der Waals surface area (Å²) in [7, 11) is 0. The van der Waals surface area contributed by atoms with Crippen molar-refractivity contribution in [2.75, 3.05) is 25.1 Å². The van der Waals surface area contributed by atoms with Gasteiger partial charge in [-0.25, -0.2) is 0 Å². The molecule has 3 aromatic carbocycles. The Morgan fingerprint density at radius 3 is 2.07 bits per heavy atom. The first-order valence-corrected chi connectivity index (χ1v) is 10.3. The molecular formula is C24H23ClN2O3. The molecule has 0 aromatic heterocycles. The van der Waals surface area contributed by atoms with Gasteiger partial charge in [-0.2, -0.15) is 0 Å². The first-order chi connectivity index (χ1) is 14.7. The molecular weight excluding hydrogens is 400 g/mol. The molecule has 3 aromatic rings. The van der Waals surface area contributed by atoms with E-state index in [4.69, 9.17) is 21.1 Å². The van der Waals surface area contributed by atoms with E-state index < -0.39 is 0 Å². The van der Waals surface area contributed by atoms with Gasteiger partial charge in [-0.05, 0) is 11.1 Å². The number of carbonyl (C=O) groups excluding carboxylic acids is 1. The molecule has 0 fully saturated rings. The molecule has 2 N–H and O–H groups in total. The van der Waals surface area contributed by atoms with Crippen molar-refractivity contribution in [3.63, 3.8) is 0 Å². The Morgan fingerprint density at radius 2 is 1.47 bits per heavy atom. The molecule has 1 aliphatic rings. The van der Waals surface area contributed by atoms with E-state index >= 15 is 0 Å². The molecule has 4 rings (SSSR count). The van der Waals surface area contributed by atoms with E-state index in [9.17, 15) is 4.79 Å². The number of rotatable bonds is 6. The smallest absolute Gasteiger partial charge is 0.238 e. The fourth-order valence-corrected chi connectivity index (χ4v) is 3.59. The number of carbonyl (C=O) groups is 1. The summed E-state index contributed by atoms with van der Waals surface area (Å²) in [5.41, 5.74) is 2.68. The second-order valence-corrected chi connectivity index (χ2v) is 7.42. The van der Waals surface area contributed by atoms with Crippen LogP contribution < -0.4 is 20.1 Å². The highest BCUT2D eigenvalue weighted by atomic mass is 35.5. The van der Waals surface area contributed by atoms with Gasteiger partial charge in [-0.1, -0.05) is 72.3 Å². The summed E-state index contributed by atoms with van der Waals surface area (Å²) < 4.78 is 11.3. The molecule has 6 heteroatoms. The zero-order valence-corrected chi connectivity index (χ0v) is 17.2. The van der Waals surface area contributed by atoms with Crippen LogP contribution in [0, 0.1) is 0 Å². The minimum Gasteiger partial charge on any atom is -0.490 e. The van der Waals surface area contributed by atoms with Gasteiger partial charge >= 0.3 is 0 Å². The highest BCUT2D eigenvalue weighted by Gasteiger charge is 2.18. The van der Waals surface area contributed by atoms with Crippen LogP contribution in [-0.2, 0) is 4.79 Å². The lowest BCUT2D eigenvalue weighted by Crippen LogP contribution is -2.32. The molecule has 0 atom stereocenters. The maximum atomic E-state index is 12.7. The van der Waals surface area contributed by atoms with Crippen molar-refractivity contribution in [3.8, 4) is 11.5 Å². The van der Waals surface area contributed by atoms with Gasteiger partial charge in [0.2, 0.25) is 5.91 Å². The highest BCUT2D eigenvalue weighted by molar-refractivity contribution is 6.34. The Morgan fingerprint density at radius 1 is 0.900 bits per heavy atom. The van der Waals surface area contributed by atoms with Gasteiger partial charge in [-0.15, -0.1) is 0 Å². The van der Waals surface area contributed by atoms with E-state index in [0.717, 1.165) is 17.5 Å². The number of benzene rings is 3. The summed E-state index contributed by atoms with van der Waals surface area (Å²) in [5, 5.41) is 6.64. The Labute approximate surface area is 181 Å². The van der Waals surface area contributed by atoms with Crippen LogP contribution in [0.15, 0.2) is 72.8 Å². The molecule has 0 spiro atoms. The maximum Gasteiger partial charge on any atom is 0.238 e.